The van der Waals surface area contributed by atoms with Crippen molar-refractivity contribution in [2.24, 2.45) is 0 Å². The molecule has 0 aliphatic carbocycles. The van der Waals surface area contributed by atoms with Crippen LogP contribution in [0.15, 0.2) is 57.9 Å². The van der Waals surface area contributed by atoms with Crippen LogP contribution in [0.4, 0.5) is 0 Å². The van der Waals surface area contributed by atoms with Crippen LogP contribution in [0.2, 0.25) is 0 Å². The standard InChI is InChI=1S/C24H32BrNO5S/c1-4-30-23(27)24(2,3)31-20-14-12-19(13-15-20)9-7-16-26-17-8-18-32(28,29)22-11-6-5-10-21(22)25/h5-6,10-15,26H,4,7-9,16-18H2,1-3H3. The molecule has 0 aliphatic heterocycles. The van der Waals surface area contributed by atoms with E-state index in [2.05, 4.69) is 21.2 Å². The quantitative estimate of drug-likeness (QED) is 0.305. The van der Waals surface area contributed by atoms with Crippen LogP contribution in [0, 0.1) is 0 Å². The van der Waals surface area contributed by atoms with E-state index in [0.717, 1.165) is 19.4 Å². The Morgan fingerprint density at radius 3 is 2.34 bits per heavy atom. The van der Waals surface area contributed by atoms with Crippen molar-refractivity contribution < 1.29 is 22.7 Å². The molecule has 2 aromatic carbocycles. The molecule has 2 rings (SSSR count). The summed E-state index contributed by atoms with van der Waals surface area (Å²) < 4.78 is 36.2. The van der Waals surface area contributed by atoms with E-state index in [-0.39, 0.29) is 11.7 Å². The van der Waals surface area contributed by atoms with Gasteiger partial charge in [-0.05, 0) is 98.9 Å². The minimum absolute atomic E-state index is 0.117. The van der Waals surface area contributed by atoms with Crippen LogP contribution in [0.5, 0.6) is 5.75 Å². The second-order valence-corrected chi connectivity index (χ2v) is 10.9. The van der Waals surface area contributed by atoms with E-state index in [4.69, 9.17) is 9.47 Å². The average molecular weight is 526 g/mol. The Bertz CT molecular complexity index is 974. The summed E-state index contributed by atoms with van der Waals surface area (Å²) in [7, 11) is -3.28. The number of halogens is 1. The van der Waals surface area contributed by atoms with Gasteiger partial charge < -0.3 is 14.8 Å². The number of ether oxygens (including phenoxy) is 2. The predicted molar refractivity (Wildman–Crippen MR) is 130 cm³/mol. The van der Waals surface area contributed by atoms with Crippen molar-refractivity contribution in [3.63, 3.8) is 0 Å². The Morgan fingerprint density at radius 1 is 1.03 bits per heavy atom. The maximum atomic E-state index is 12.4. The largest absolute Gasteiger partial charge is 0.476 e. The molecule has 0 aromatic heterocycles. The first-order chi connectivity index (χ1) is 15.2. The van der Waals surface area contributed by atoms with Crippen LogP contribution in [0.25, 0.3) is 0 Å². The zero-order valence-electron chi connectivity index (χ0n) is 18.9. The first-order valence-electron chi connectivity index (χ1n) is 10.8. The minimum Gasteiger partial charge on any atom is -0.476 e. The number of sulfone groups is 1. The van der Waals surface area contributed by atoms with E-state index < -0.39 is 15.4 Å². The Hall–Kier alpha value is -1.90. The second kappa shape index (κ2) is 12.4. The number of aryl methyl sites for hydroxylation is 1. The lowest BCUT2D eigenvalue weighted by molar-refractivity contribution is -0.158. The fourth-order valence-corrected chi connectivity index (χ4v) is 5.52. The Labute approximate surface area is 199 Å². The summed E-state index contributed by atoms with van der Waals surface area (Å²) >= 11 is 3.31. The van der Waals surface area contributed by atoms with Gasteiger partial charge in [0.2, 0.25) is 0 Å². The molecule has 0 saturated heterocycles. The monoisotopic (exact) mass is 525 g/mol. The Morgan fingerprint density at radius 2 is 1.69 bits per heavy atom. The molecule has 0 saturated carbocycles. The zero-order valence-corrected chi connectivity index (χ0v) is 21.3. The number of carbonyl (C=O) groups is 1. The highest BCUT2D eigenvalue weighted by Crippen LogP contribution is 2.23. The molecule has 0 heterocycles. The maximum Gasteiger partial charge on any atom is 0.349 e. The molecule has 2 aromatic rings. The third kappa shape index (κ3) is 8.22. The fourth-order valence-electron chi connectivity index (χ4n) is 3.10. The lowest BCUT2D eigenvalue weighted by Crippen LogP contribution is -2.39. The van der Waals surface area contributed by atoms with E-state index in [0.29, 0.717) is 34.7 Å². The predicted octanol–water partition coefficient (Wildman–Crippen LogP) is 4.56. The van der Waals surface area contributed by atoms with Gasteiger partial charge in [0.1, 0.15) is 5.75 Å². The van der Waals surface area contributed by atoms with Crippen LogP contribution >= 0.6 is 15.9 Å². The van der Waals surface area contributed by atoms with Gasteiger partial charge in [-0.3, -0.25) is 0 Å². The fraction of sp³-hybridized carbons (Fsp3) is 0.458. The molecule has 1 N–H and O–H groups in total. The molecule has 0 radical (unpaired) electrons. The van der Waals surface area contributed by atoms with Crippen LogP contribution in [0.3, 0.4) is 0 Å². The molecule has 8 heteroatoms. The first kappa shape index (κ1) is 26.4. The topological polar surface area (TPSA) is 81.7 Å². The smallest absolute Gasteiger partial charge is 0.349 e. The van der Waals surface area contributed by atoms with Gasteiger partial charge in [-0.25, -0.2) is 13.2 Å². The number of benzene rings is 2. The molecule has 0 atom stereocenters. The summed E-state index contributed by atoms with van der Waals surface area (Å²) in [5.74, 6) is 0.349. The molecule has 0 unspecified atom stereocenters. The number of hydrogen-bond donors (Lipinski definition) is 1. The molecule has 176 valence electrons. The first-order valence-corrected chi connectivity index (χ1v) is 13.2. The molecule has 0 bridgehead atoms. The van der Waals surface area contributed by atoms with Gasteiger partial charge in [-0.2, -0.15) is 0 Å². The SMILES string of the molecule is CCOC(=O)C(C)(C)Oc1ccc(CCCNCCCS(=O)(=O)c2ccccc2Br)cc1. The normalized spacial score (nSPS) is 11.9. The van der Waals surface area contributed by atoms with Crippen molar-refractivity contribution in [3.05, 3.63) is 58.6 Å². The number of nitrogens with one attached hydrogen (secondary N) is 1. The Kier molecular flexibility index (Phi) is 10.2. The Balaban J connectivity index is 1.67. The third-order valence-corrected chi connectivity index (χ3v) is 7.63. The lowest BCUT2D eigenvalue weighted by Gasteiger charge is -2.24. The zero-order chi connectivity index (χ0) is 23.6. The average Bonchev–Trinajstić information content (AvgIpc) is 2.74. The van der Waals surface area contributed by atoms with Gasteiger partial charge in [-0.15, -0.1) is 0 Å². The molecule has 0 fully saturated rings. The highest BCUT2D eigenvalue weighted by Gasteiger charge is 2.31. The molecule has 0 amide bonds. The van der Waals surface area contributed by atoms with Crippen molar-refractivity contribution >= 4 is 31.7 Å². The van der Waals surface area contributed by atoms with E-state index in [1.165, 1.54) is 5.56 Å². The number of hydrogen-bond acceptors (Lipinski definition) is 6. The maximum absolute atomic E-state index is 12.4. The second-order valence-electron chi connectivity index (χ2n) is 7.93. The third-order valence-electron chi connectivity index (χ3n) is 4.82. The van der Waals surface area contributed by atoms with Gasteiger partial charge in [0.05, 0.1) is 17.3 Å². The molecular formula is C24H32BrNO5S. The highest BCUT2D eigenvalue weighted by atomic mass is 79.9. The molecule has 0 aliphatic rings. The highest BCUT2D eigenvalue weighted by molar-refractivity contribution is 9.10. The summed E-state index contributed by atoms with van der Waals surface area (Å²) in [6, 6.07) is 14.6. The van der Waals surface area contributed by atoms with E-state index in [9.17, 15) is 13.2 Å². The van der Waals surface area contributed by atoms with Crippen LogP contribution in [-0.4, -0.2) is 45.4 Å². The van der Waals surface area contributed by atoms with Gasteiger partial charge in [0.25, 0.3) is 0 Å². The van der Waals surface area contributed by atoms with Crippen LogP contribution < -0.4 is 10.1 Å². The summed E-state index contributed by atoms with van der Waals surface area (Å²) in [6.45, 7) is 6.92. The van der Waals surface area contributed by atoms with Gasteiger partial charge in [-0.1, -0.05) is 24.3 Å². The van der Waals surface area contributed by atoms with Crippen molar-refractivity contribution in [1.29, 1.82) is 0 Å². The van der Waals surface area contributed by atoms with Crippen LogP contribution in [0.1, 0.15) is 39.2 Å². The molecule has 6 nitrogen and oxygen atoms in total. The summed E-state index contributed by atoms with van der Waals surface area (Å²) in [5, 5.41) is 3.31. The van der Waals surface area contributed by atoms with Crippen molar-refractivity contribution in [2.75, 3.05) is 25.4 Å². The van der Waals surface area contributed by atoms with E-state index >= 15 is 0 Å². The number of carbonyl (C=O) groups excluding carboxylic acids is 1. The molecule has 32 heavy (non-hydrogen) atoms. The van der Waals surface area contributed by atoms with Crippen molar-refractivity contribution in [3.8, 4) is 5.75 Å². The van der Waals surface area contributed by atoms with Crippen molar-refractivity contribution in [2.45, 2.75) is 50.5 Å². The van der Waals surface area contributed by atoms with Gasteiger partial charge >= 0.3 is 5.97 Å². The van der Waals surface area contributed by atoms with Gasteiger partial charge in [0.15, 0.2) is 15.4 Å². The number of esters is 1. The summed E-state index contributed by atoms with van der Waals surface area (Å²) in [4.78, 5) is 12.3. The molecular weight excluding hydrogens is 494 g/mol. The number of rotatable bonds is 13. The lowest BCUT2D eigenvalue weighted by atomic mass is 10.1. The van der Waals surface area contributed by atoms with Gasteiger partial charge in [0, 0.05) is 4.47 Å². The molecule has 0 spiro atoms. The summed E-state index contributed by atoms with van der Waals surface area (Å²) in [6.07, 6.45) is 2.39. The van der Waals surface area contributed by atoms with Crippen LogP contribution in [-0.2, 0) is 25.8 Å². The minimum atomic E-state index is -3.28. The van der Waals surface area contributed by atoms with E-state index in [1.807, 2.05) is 24.3 Å². The van der Waals surface area contributed by atoms with E-state index in [1.54, 1.807) is 45.0 Å². The summed E-state index contributed by atoms with van der Waals surface area (Å²) in [5.41, 5.74) is 0.135. The van der Waals surface area contributed by atoms with Crippen molar-refractivity contribution in [1.82, 2.24) is 5.32 Å².